The Bertz CT molecular complexity index is 681. The number of hydrogen-bond donors (Lipinski definition) is 0. The van der Waals surface area contributed by atoms with Gasteiger partial charge in [0.25, 0.3) is 5.01 Å². The van der Waals surface area contributed by atoms with Crippen LogP contribution in [0.1, 0.15) is 11.9 Å². The predicted molar refractivity (Wildman–Crippen MR) is 80.9 cm³/mol. The van der Waals surface area contributed by atoms with Gasteiger partial charge in [0.2, 0.25) is 11.4 Å². The largest absolute Gasteiger partial charge is 1.00 e. The van der Waals surface area contributed by atoms with E-state index < -0.39 is 0 Å². The Labute approximate surface area is 137 Å². The molecule has 0 aliphatic carbocycles. The van der Waals surface area contributed by atoms with Gasteiger partial charge in [-0.05, 0) is 13.0 Å². The van der Waals surface area contributed by atoms with Crippen LogP contribution in [0.15, 0.2) is 29.3 Å². The van der Waals surface area contributed by atoms with Crippen molar-refractivity contribution < 1.29 is 26.3 Å². The predicted octanol–water partition coefficient (Wildman–Crippen LogP) is -0.284. The minimum atomic E-state index is 0. The van der Waals surface area contributed by atoms with Crippen LogP contribution in [-0.4, -0.2) is 23.6 Å². The molecule has 0 unspecified atom stereocenters. The highest BCUT2D eigenvalue weighted by Gasteiger charge is 2.25. The highest BCUT2D eigenvalue weighted by atomic mass is 79.9. The van der Waals surface area contributed by atoms with Crippen LogP contribution in [0.25, 0.3) is 16.3 Å². The molecule has 3 nitrogen and oxygen atoms in total. The Morgan fingerprint density at radius 1 is 1.40 bits per heavy atom. The summed E-state index contributed by atoms with van der Waals surface area (Å²) < 4.78 is 3.58. The van der Waals surface area contributed by atoms with E-state index in [-0.39, 0.29) is 22.9 Å². The van der Waals surface area contributed by atoms with E-state index in [0.717, 1.165) is 11.6 Å². The van der Waals surface area contributed by atoms with Crippen LogP contribution in [0.4, 0.5) is 0 Å². The van der Waals surface area contributed by atoms with Crippen molar-refractivity contribution in [1.29, 1.82) is 0 Å². The summed E-state index contributed by atoms with van der Waals surface area (Å²) in [6.45, 7) is 3.09. The summed E-state index contributed by atoms with van der Waals surface area (Å²) >= 11 is 3.39. The van der Waals surface area contributed by atoms with E-state index in [9.17, 15) is 4.79 Å². The molecule has 1 aromatic heterocycles. The fourth-order valence-corrected chi connectivity index (χ4v) is 4.38. The Morgan fingerprint density at radius 3 is 2.80 bits per heavy atom. The summed E-state index contributed by atoms with van der Waals surface area (Å²) in [6, 6.07) is 8.42. The number of hydrogen-bond acceptors (Lipinski definition) is 3. The quantitative estimate of drug-likeness (QED) is 0.678. The first kappa shape index (κ1) is 15.5. The lowest BCUT2D eigenvalue weighted by Crippen LogP contribution is -3.00. The highest BCUT2D eigenvalue weighted by molar-refractivity contribution is 8.04. The van der Waals surface area contributed by atoms with Gasteiger partial charge in [0, 0.05) is 13.1 Å². The molecule has 1 aliphatic rings. The number of fused-ring (bicyclic) bond motifs is 1. The third-order valence-corrected chi connectivity index (χ3v) is 5.44. The summed E-state index contributed by atoms with van der Waals surface area (Å²) in [7, 11) is 1.85. The molecular weight excluding hydrogens is 356 g/mol. The van der Waals surface area contributed by atoms with E-state index in [4.69, 9.17) is 0 Å². The summed E-state index contributed by atoms with van der Waals surface area (Å²) in [5, 5.41) is 2.24. The number of nitrogens with zero attached hydrogens (tertiary/aromatic N) is 2. The van der Waals surface area contributed by atoms with E-state index in [2.05, 4.69) is 41.8 Å². The highest BCUT2D eigenvalue weighted by Crippen LogP contribution is 2.30. The van der Waals surface area contributed by atoms with Gasteiger partial charge in [-0.2, -0.15) is 4.57 Å². The lowest BCUT2D eigenvalue weighted by Gasteiger charge is -2.07. The molecule has 0 spiro atoms. The second kappa shape index (κ2) is 6.28. The van der Waals surface area contributed by atoms with E-state index >= 15 is 0 Å². The number of aryl methyl sites for hydroxylation is 1. The number of aromatic nitrogens is 1. The van der Waals surface area contributed by atoms with Crippen molar-refractivity contribution in [1.82, 2.24) is 4.90 Å². The SMILES string of the molecule is CC[n+]1c(C=C2SCC(=O)N2C)sc2ccccc21.[Br-]. The first-order chi connectivity index (χ1) is 9.20. The minimum absolute atomic E-state index is 0. The molecule has 1 aromatic carbocycles. The van der Waals surface area contributed by atoms with Gasteiger partial charge in [0.15, 0.2) is 0 Å². The minimum Gasteiger partial charge on any atom is -1.00 e. The molecular formula is C14H15BrN2OS2. The monoisotopic (exact) mass is 370 g/mol. The van der Waals surface area contributed by atoms with Crippen molar-refractivity contribution in [3.05, 3.63) is 34.3 Å². The Kier molecular flexibility index (Phi) is 4.88. The van der Waals surface area contributed by atoms with Gasteiger partial charge < -0.3 is 21.9 Å². The summed E-state index contributed by atoms with van der Waals surface area (Å²) in [6.07, 6.45) is 2.13. The molecule has 6 heteroatoms. The lowest BCUT2D eigenvalue weighted by molar-refractivity contribution is -0.665. The van der Waals surface area contributed by atoms with Crippen LogP contribution in [0.2, 0.25) is 0 Å². The molecule has 0 bridgehead atoms. The number of carbonyl (C=O) groups excluding carboxylic acids is 1. The van der Waals surface area contributed by atoms with Gasteiger partial charge in [0.1, 0.15) is 11.2 Å². The van der Waals surface area contributed by atoms with Crippen LogP contribution in [0.5, 0.6) is 0 Å². The molecule has 1 amide bonds. The number of para-hydroxylation sites is 1. The molecule has 2 aromatic rings. The third-order valence-electron chi connectivity index (χ3n) is 3.25. The molecule has 3 rings (SSSR count). The number of rotatable bonds is 2. The first-order valence-corrected chi connectivity index (χ1v) is 8.03. The lowest BCUT2D eigenvalue weighted by atomic mass is 10.3. The van der Waals surface area contributed by atoms with E-state index in [1.54, 1.807) is 28.0 Å². The Balaban J connectivity index is 0.00000147. The van der Waals surface area contributed by atoms with E-state index in [1.807, 2.05) is 7.05 Å². The number of benzene rings is 1. The molecule has 106 valence electrons. The number of thioether (sulfide) groups is 1. The normalized spacial score (nSPS) is 17.0. The number of amides is 1. The first-order valence-electron chi connectivity index (χ1n) is 6.23. The molecule has 20 heavy (non-hydrogen) atoms. The zero-order chi connectivity index (χ0) is 13.4. The van der Waals surface area contributed by atoms with Gasteiger partial charge >= 0.3 is 0 Å². The van der Waals surface area contributed by atoms with Crippen LogP contribution in [0.3, 0.4) is 0 Å². The van der Waals surface area contributed by atoms with Gasteiger partial charge in [-0.25, -0.2) is 0 Å². The zero-order valence-corrected chi connectivity index (χ0v) is 14.5. The number of thiazole rings is 1. The van der Waals surface area contributed by atoms with Gasteiger partial charge in [-0.3, -0.25) is 4.79 Å². The van der Waals surface area contributed by atoms with Gasteiger partial charge in [0.05, 0.1) is 16.9 Å². The zero-order valence-electron chi connectivity index (χ0n) is 11.3. The van der Waals surface area contributed by atoms with Crippen LogP contribution in [-0.2, 0) is 11.3 Å². The summed E-state index contributed by atoms with van der Waals surface area (Å²) in [4.78, 5) is 13.3. The van der Waals surface area contributed by atoms with E-state index in [1.165, 1.54) is 15.2 Å². The molecule has 0 N–H and O–H groups in total. The van der Waals surface area contributed by atoms with Crippen LogP contribution >= 0.6 is 23.1 Å². The summed E-state index contributed by atoms with van der Waals surface area (Å²) in [5.74, 6) is 0.736. The molecule has 0 saturated carbocycles. The molecule has 0 atom stereocenters. The standard InChI is InChI=1S/C14H15N2OS2.BrH/c1-3-16-10-6-4-5-7-11(10)19-14(16)8-13-15(2)12(17)9-18-13;/h4-8H,3,9H2,1-2H3;1H/q+1;/p-1. The van der Waals surface area contributed by atoms with Crippen molar-refractivity contribution in [3.63, 3.8) is 0 Å². The Hall–Kier alpha value is -0.850. The van der Waals surface area contributed by atoms with Crippen molar-refractivity contribution in [2.45, 2.75) is 13.5 Å². The fraction of sp³-hybridized carbons (Fsp3) is 0.286. The fourth-order valence-electron chi connectivity index (χ4n) is 2.18. The summed E-state index contributed by atoms with van der Waals surface area (Å²) in [5.41, 5.74) is 1.26. The van der Waals surface area contributed by atoms with Gasteiger partial charge in [-0.15, -0.1) is 0 Å². The van der Waals surface area contributed by atoms with Crippen LogP contribution in [0, 0.1) is 0 Å². The van der Waals surface area contributed by atoms with Crippen molar-refractivity contribution in [2.75, 3.05) is 12.8 Å². The molecule has 1 aliphatic heterocycles. The molecule has 1 saturated heterocycles. The van der Waals surface area contributed by atoms with Gasteiger partial charge in [-0.1, -0.05) is 35.2 Å². The smallest absolute Gasteiger partial charge is 0.265 e. The molecule has 0 radical (unpaired) electrons. The number of halogens is 1. The van der Waals surface area contributed by atoms with Crippen molar-refractivity contribution in [2.24, 2.45) is 0 Å². The third kappa shape index (κ3) is 2.64. The van der Waals surface area contributed by atoms with Crippen LogP contribution < -0.4 is 21.5 Å². The average Bonchev–Trinajstić information content (AvgIpc) is 2.93. The van der Waals surface area contributed by atoms with E-state index in [0.29, 0.717) is 5.75 Å². The second-order valence-corrected chi connectivity index (χ2v) is 6.43. The maximum absolute atomic E-state index is 11.6. The molecule has 1 fully saturated rings. The maximum atomic E-state index is 11.6. The maximum Gasteiger partial charge on any atom is 0.265 e. The number of carbonyl (C=O) groups is 1. The Morgan fingerprint density at radius 2 is 2.15 bits per heavy atom. The molecule has 2 heterocycles. The average molecular weight is 371 g/mol. The second-order valence-electron chi connectivity index (χ2n) is 4.38. The van der Waals surface area contributed by atoms with Crippen molar-refractivity contribution >= 4 is 45.3 Å². The van der Waals surface area contributed by atoms with Crippen molar-refractivity contribution in [3.8, 4) is 0 Å². The topological polar surface area (TPSA) is 24.2 Å².